The van der Waals surface area contributed by atoms with Gasteiger partial charge < -0.3 is 24.1 Å². The van der Waals surface area contributed by atoms with Gasteiger partial charge in [0.1, 0.15) is 23.9 Å². The number of benzene rings is 1. The maximum Gasteiger partial charge on any atom is 0.190 e. The molecular weight excluding hydrogens is 320 g/mol. The van der Waals surface area contributed by atoms with Gasteiger partial charge in [-0.1, -0.05) is 42.5 Å². The van der Waals surface area contributed by atoms with E-state index in [-0.39, 0.29) is 0 Å². The molecule has 136 valence electrons. The molecule has 5 nitrogen and oxygen atoms in total. The van der Waals surface area contributed by atoms with Crippen LogP contribution in [-0.4, -0.2) is 41.1 Å². The lowest BCUT2D eigenvalue weighted by molar-refractivity contribution is -0.248. The van der Waals surface area contributed by atoms with Crippen LogP contribution in [0.25, 0.3) is 0 Å². The zero-order valence-electron chi connectivity index (χ0n) is 14.8. The van der Waals surface area contributed by atoms with Gasteiger partial charge in [0.05, 0.1) is 6.61 Å². The molecule has 2 saturated heterocycles. The van der Waals surface area contributed by atoms with Crippen molar-refractivity contribution in [3.05, 3.63) is 61.2 Å². The second-order valence-electron chi connectivity index (χ2n) is 6.93. The molecule has 0 saturated carbocycles. The molecule has 2 aliphatic heterocycles. The van der Waals surface area contributed by atoms with Crippen LogP contribution in [0.1, 0.15) is 25.8 Å². The highest BCUT2D eigenvalue weighted by molar-refractivity contribution is 5.16. The van der Waals surface area contributed by atoms with Crippen LogP contribution in [0.3, 0.4) is 0 Å². The first-order chi connectivity index (χ1) is 11.9. The molecule has 1 N–H and O–H groups in total. The molecule has 2 aliphatic rings. The van der Waals surface area contributed by atoms with E-state index in [4.69, 9.17) is 18.9 Å². The molecule has 1 aromatic carbocycles. The number of hydrogen-bond donors (Lipinski definition) is 1. The van der Waals surface area contributed by atoms with E-state index in [1.807, 2.05) is 44.2 Å². The summed E-state index contributed by atoms with van der Waals surface area (Å²) in [6.45, 7) is 11.6. The van der Waals surface area contributed by atoms with Crippen molar-refractivity contribution in [2.45, 2.75) is 62.9 Å². The van der Waals surface area contributed by atoms with Crippen LogP contribution in [0.5, 0.6) is 0 Å². The van der Waals surface area contributed by atoms with Crippen LogP contribution in [0.4, 0.5) is 0 Å². The monoisotopic (exact) mass is 346 g/mol. The molecule has 25 heavy (non-hydrogen) atoms. The Morgan fingerprint density at radius 1 is 1.24 bits per heavy atom. The lowest BCUT2D eigenvalue weighted by atomic mass is 9.85. The summed E-state index contributed by atoms with van der Waals surface area (Å²) >= 11 is 0. The molecule has 0 aromatic heterocycles. The maximum atomic E-state index is 10.4. The highest BCUT2D eigenvalue weighted by atomic mass is 16.8. The van der Waals surface area contributed by atoms with E-state index in [9.17, 15) is 5.11 Å². The van der Waals surface area contributed by atoms with E-state index >= 15 is 0 Å². The van der Waals surface area contributed by atoms with Gasteiger partial charge >= 0.3 is 0 Å². The number of rotatable bonds is 7. The quantitative estimate of drug-likeness (QED) is 0.769. The minimum Gasteiger partial charge on any atom is -0.386 e. The third kappa shape index (κ3) is 3.43. The zero-order valence-corrected chi connectivity index (χ0v) is 14.8. The Balaban J connectivity index is 1.92. The molecule has 0 amide bonds. The van der Waals surface area contributed by atoms with Crippen LogP contribution in [0.2, 0.25) is 0 Å². The first-order valence-electron chi connectivity index (χ1n) is 8.52. The predicted octanol–water partition coefficient (Wildman–Crippen LogP) is 2.94. The minimum absolute atomic E-state index is 0.366. The number of aliphatic hydroxyl groups is 1. The second kappa shape index (κ2) is 7.02. The Morgan fingerprint density at radius 2 is 1.96 bits per heavy atom. The fourth-order valence-electron chi connectivity index (χ4n) is 3.55. The average Bonchev–Trinajstić information content (AvgIpc) is 3.05. The fraction of sp³-hybridized carbons (Fsp3) is 0.500. The van der Waals surface area contributed by atoms with Crippen molar-refractivity contribution in [3.8, 4) is 0 Å². The van der Waals surface area contributed by atoms with E-state index in [2.05, 4.69) is 13.2 Å². The Bertz CT molecular complexity index is 614. The van der Waals surface area contributed by atoms with Gasteiger partial charge in [-0.05, 0) is 25.8 Å². The second-order valence-corrected chi connectivity index (χ2v) is 6.93. The van der Waals surface area contributed by atoms with E-state index < -0.39 is 36.0 Å². The molecule has 0 aliphatic carbocycles. The highest BCUT2D eigenvalue weighted by Gasteiger charge is 2.65. The first-order valence-corrected chi connectivity index (χ1v) is 8.52. The molecule has 3 rings (SSSR count). The number of aliphatic hydroxyl groups excluding tert-OH is 1. The van der Waals surface area contributed by atoms with Crippen molar-refractivity contribution < 1.29 is 24.1 Å². The number of ether oxygens (including phenoxy) is 4. The van der Waals surface area contributed by atoms with E-state index in [1.54, 1.807) is 6.08 Å². The Morgan fingerprint density at radius 3 is 2.60 bits per heavy atom. The summed E-state index contributed by atoms with van der Waals surface area (Å²) in [5.41, 5.74) is 0.114. The molecular formula is C20H26O5. The van der Waals surface area contributed by atoms with Gasteiger partial charge in [-0.2, -0.15) is 0 Å². The van der Waals surface area contributed by atoms with Crippen molar-refractivity contribution in [1.82, 2.24) is 0 Å². The highest BCUT2D eigenvalue weighted by Crippen LogP contribution is 2.48. The van der Waals surface area contributed by atoms with Crippen LogP contribution < -0.4 is 0 Å². The number of fused-ring (bicyclic) bond motifs is 1. The molecule has 0 bridgehead atoms. The third-order valence-electron chi connectivity index (χ3n) is 4.67. The smallest absolute Gasteiger partial charge is 0.190 e. The zero-order chi connectivity index (χ0) is 18.1. The molecule has 2 fully saturated rings. The SMILES string of the molecule is C=CC[C@@]1(OCc2ccccc2)[C@@H](C(O)C=C)O[C@@H]2OC(C)(C)O[C@@H]21. The molecule has 0 radical (unpaired) electrons. The van der Waals surface area contributed by atoms with Crippen molar-refractivity contribution in [2.75, 3.05) is 0 Å². The van der Waals surface area contributed by atoms with Gasteiger partial charge in [0.2, 0.25) is 0 Å². The Kier molecular flexibility index (Phi) is 5.14. The molecule has 0 spiro atoms. The van der Waals surface area contributed by atoms with Crippen molar-refractivity contribution in [1.29, 1.82) is 0 Å². The number of hydrogen-bond acceptors (Lipinski definition) is 5. The van der Waals surface area contributed by atoms with Crippen LogP contribution in [-0.2, 0) is 25.6 Å². The van der Waals surface area contributed by atoms with Crippen LogP contribution in [0, 0.1) is 0 Å². The topological polar surface area (TPSA) is 57.2 Å². The molecule has 1 unspecified atom stereocenters. The Hall–Kier alpha value is -1.50. The third-order valence-corrected chi connectivity index (χ3v) is 4.67. The van der Waals surface area contributed by atoms with Crippen molar-refractivity contribution in [2.24, 2.45) is 0 Å². The van der Waals surface area contributed by atoms with Gasteiger partial charge in [0, 0.05) is 0 Å². The first kappa shape index (κ1) is 18.3. The standard InChI is InChI=1S/C20H26O5/c1-5-12-20(22-13-14-10-8-7-9-11-14)16(15(21)6-2)23-18-17(20)24-19(3,4)25-18/h5-11,15-18,21H,1-2,12-13H2,3-4H3/t15?,16-,17+,18-,20-/m1/s1. The summed E-state index contributed by atoms with van der Waals surface area (Å²) in [7, 11) is 0. The van der Waals surface area contributed by atoms with Crippen LogP contribution in [0.15, 0.2) is 55.6 Å². The molecule has 5 heteroatoms. The summed E-state index contributed by atoms with van der Waals surface area (Å²) in [6.07, 6.45) is 1.02. The van der Waals surface area contributed by atoms with Gasteiger partial charge in [-0.3, -0.25) is 0 Å². The van der Waals surface area contributed by atoms with E-state index in [0.717, 1.165) is 5.56 Å². The van der Waals surface area contributed by atoms with E-state index in [0.29, 0.717) is 13.0 Å². The largest absolute Gasteiger partial charge is 0.386 e. The summed E-state index contributed by atoms with van der Waals surface area (Å²) in [5, 5.41) is 10.4. The minimum atomic E-state index is -0.913. The Labute approximate surface area is 148 Å². The summed E-state index contributed by atoms with van der Waals surface area (Å²) in [6, 6.07) is 9.86. The summed E-state index contributed by atoms with van der Waals surface area (Å²) < 4.78 is 24.3. The molecule has 2 heterocycles. The fourth-order valence-corrected chi connectivity index (χ4v) is 3.55. The lowest BCUT2D eigenvalue weighted by Crippen LogP contribution is -2.54. The molecule has 1 aromatic rings. The molecule has 5 atom stereocenters. The summed E-state index contributed by atoms with van der Waals surface area (Å²) in [4.78, 5) is 0. The predicted molar refractivity (Wildman–Crippen MR) is 93.7 cm³/mol. The average molecular weight is 346 g/mol. The van der Waals surface area contributed by atoms with Crippen molar-refractivity contribution in [3.63, 3.8) is 0 Å². The normalized spacial score (nSPS) is 34.4. The van der Waals surface area contributed by atoms with Gasteiger partial charge in [-0.25, -0.2) is 0 Å². The lowest BCUT2D eigenvalue weighted by Gasteiger charge is -2.38. The van der Waals surface area contributed by atoms with Gasteiger partial charge in [-0.15, -0.1) is 13.2 Å². The van der Waals surface area contributed by atoms with E-state index in [1.165, 1.54) is 6.08 Å². The van der Waals surface area contributed by atoms with Gasteiger partial charge in [0.25, 0.3) is 0 Å². The van der Waals surface area contributed by atoms with Gasteiger partial charge in [0.15, 0.2) is 12.1 Å². The summed E-state index contributed by atoms with van der Waals surface area (Å²) in [5.74, 6) is -0.776. The van der Waals surface area contributed by atoms with Crippen LogP contribution >= 0.6 is 0 Å². The van der Waals surface area contributed by atoms with Crippen molar-refractivity contribution >= 4 is 0 Å². The maximum absolute atomic E-state index is 10.4.